The summed E-state index contributed by atoms with van der Waals surface area (Å²) in [4.78, 5) is 12.3. The summed E-state index contributed by atoms with van der Waals surface area (Å²) >= 11 is 0. The predicted molar refractivity (Wildman–Crippen MR) is 91.5 cm³/mol. The van der Waals surface area contributed by atoms with E-state index in [1.165, 1.54) is 0 Å². The average Bonchev–Trinajstić information content (AvgIpc) is 3.19. The first kappa shape index (κ1) is 13.8. The SMILES string of the molecule is CC[C@H](C)Nc1ncc2c(-c3ccn4nccc4c3)c[nH]c2n1. The number of aromatic nitrogens is 5. The molecular weight excluding hydrogens is 288 g/mol. The summed E-state index contributed by atoms with van der Waals surface area (Å²) in [7, 11) is 0. The van der Waals surface area contributed by atoms with E-state index in [2.05, 4.69) is 45.3 Å². The van der Waals surface area contributed by atoms with Crippen LogP contribution in [0.2, 0.25) is 0 Å². The number of nitrogens with zero attached hydrogens (tertiary/aromatic N) is 4. The smallest absolute Gasteiger partial charge is 0.224 e. The normalized spacial score (nSPS) is 12.8. The molecule has 0 spiro atoms. The van der Waals surface area contributed by atoms with Gasteiger partial charge in [-0.3, -0.25) is 0 Å². The second kappa shape index (κ2) is 5.39. The molecule has 0 aliphatic heterocycles. The van der Waals surface area contributed by atoms with Crippen molar-refractivity contribution in [3.8, 4) is 11.1 Å². The molecule has 0 fully saturated rings. The molecule has 6 nitrogen and oxygen atoms in total. The minimum Gasteiger partial charge on any atom is -0.352 e. The van der Waals surface area contributed by atoms with E-state index in [0.29, 0.717) is 12.0 Å². The molecule has 0 saturated heterocycles. The molecule has 6 heteroatoms. The van der Waals surface area contributed by atoms with Crippen LogP contribution in [0.25, 0.3) is 27.7 Å². The van der Waals surface area contributed by atoms with Gasteiger partial charge in [0.15, 0.2) is 0 Å². The van der Waals surface area contributed by atoms with Gasteiger partial charge in [-0.05, 0) is 37.1 Å². The van der Waals surface area contributed by atoms with Crippen LogP contribution in [0.3, 0.4) is 0 Å². The number of aromatic amines is 1. The summed E-state index contributed by atoms with van der Waals surface area (Å²) in [5.41, 5.74) is 4.12. The van der Waals surface area contributed by atoms with E-state index in [1.807, 2.05) is 35.2 Å². The van der Waals surface area contributed by atoms with Gasteiger partial charge in [0.2, 0.25) is 5.95 Å². The number of nitrogens with one attached hydrogen (secondary N) is 2. The molecule has 0 saturated carbocycles. The third-order valence-electron chi connectivity index (χ3n) is 4.13. The maximum Gasteiger partial charge on any atom is 0.224 e. The monoisotopic (exact) mass is 306 g/mol. The Morgan fingerprint density at radius 2 is 2.26 bits per heavy atom. The zero-order valence-corrected chi connectivity index (χ0v) is 13.1. The number of pyridine rings is 1. The minimum atomic E-state index is 0.353. The Morgan fingerprint density at radius 1 is 1.35 bits per heavy atom. The van der Waals surface area contributed by atoms with Gasteiger partial charge >= 0.3 is 0 Å². The van der Waals surface area contributed by atoms with Crippen LogP contribution in [0.4, 0.5) is 5.95 Å². The fourth-order valence-electron chi connectivity index (χ4n) is 2.63. The molecule has 0 radical (unpaired) electrons. The van der Waals surface area contributed by atoms with E-state index < -0.39 is 0 Å². The molecule has 4 aromatic rings. The summed E-state index contributed by atoms with van der Waals surface area (Å²) in [6, 6.07) is 6.50. The molecule has 0 aliphatic carbocycles. The molecule has 0 unspecified atom stereocenters. The second-order valence-electron chi connectivity index (χ2n) is 5.73. The van der Waals surface area contributed by atoms with Crippen LogP contribution in [-0.2, 0) is 0 Å². The van der Waals surface area contributed by atoms with Crippen molar-refractivity contribution in [3.63, 3.8) is 0 Å². The Morgan fingerprint density at radius 3 is 3.13 bits per heavy atom. The average molecular weight is 306 g/mol. The van der Waals surface area contributed by atoms with Gasteiger partial charge in [0.05, 0.1) is 5.52 Å². The van der Waals surface area contributed by atoms with Gasteiger partial charge in [-0.1, -0.05) is 6.92 Å². The van der Waals surface area contributed by atoms with Crippen LogP contribution in [0.15, 0.2) is 43.0 Å². The molecule has 4 rings (SSSR count). The van der Waals surface area contributed by atoms with Gasteiger partial charge in [0.1, 0.15) is 5.65 Å². The van der Waals surface area contributed by atoms with Gasteiger partial charge in [-0.25, -0.2) is 9.50 Å². The van der Waals surface area contributed by atoms with E-state index in [-0.39, 0.29) is 0 Å². The molecule has 0 aromatic carbocycles. The number of rotatable bonds is 4. The summed E-state index contributed by atoms with van der Waals surface area (Å²) < 4.78 is 1.85. The fourth-order valence-corrected chi connectivity index (χ4v) is 2.63. The molecule has 0 amide bonds. The Bertz CT molecular complexity index is 967. The molecule has 0 bridgehead atoms. The first-order valence-corrected chi connectivity index (χ1v) is 7.79. The molecule has 0 aliphatic rings. The van der Waals surface area contributed by atoms with Crippen molar-refractivity contribution in [2.45, 2.75) is 26.3 Å². The molecular formula is C17H18N6. The van der Waals surface area contributed by atoms with E-state index >= 15 is 0 Å². The van der Waals surface area contributed by atoms with Crippen molar-refractivity contribution < 1.29 is 0 Å². The van der Waals surface area contributed by atoms with Crippen molar-refractivity contribution >= 4 is 22.5 Å². The lowest BCUT2D eigenvalue weighted by Gasteiger charge is -2.10. The van der Waals surface area contributed by atoms with Gasteiger partial charge < -0.3 is 10.3 Å². The lowest BCUT2D eigenvalue weighted by Crippen LogP contribution is -2.15. The topological polar surface area (TPSA) is 70.9 Å². The lowest BCUT2D eigenvalue weighted by molar-refractivity contribution is 0.754. The zero-order chi connectivity index (χ0) is 15.8. The Labute approximate surface area is 133 Å². The van der Waals surface area contributed by atoms with Crippen LogP contribution in [0, 0.1) is 0 Å². The summed E-state index contributed by atoms with van der Waals surface area (Å²) in [6.45, 7) is 4.25. The largest absolute Gasteiger partial charge is 0.352 e. The van der Waals surface area contributed by atoms with Crippen LogP contribution >= 0.6 is 0 Å². The summed E-state index contributed by atoms with van der Waals surface area (Å²) in [5, 5.41) is 8.54. The van der Waals surface area contributed by atoms with Crippen molar-refractivity contribution in [1.82, 2.24) is 24.6 Å². The first-order valence-electron chi connectivity index (χ1n) is 7.79. The number of hydrogen-bond acceptors (Lipinski definition) is 4. The number of hydrogen-bond donors (Lipinski definition) is 2. The number of H-pyrrole nitrogens is 1. The first-order chi connectivity index (χ1) is 11.2. The third kappa shape index (κ3) is 2.42. The molecule has 4 heterocycles. The summed E-state index contributed by atoms with van der Waals surface area (Å²) in [6.07, 6.45) is 8.64. The fraction of sp³-hybridized carbons (Fsp3) is 0.235. The van der Waals surface area contributed by atoms with Gasteiger partial charge in [-0.15, -0.1) is 0 Å². The van der Waals surface area contributed by atoms with Crippen molar-refractivity contribution in [1.29, 1.82) is 0 Å². The van der Waals surface area contributed by atoms with Gasteiger partial charge in [-0.2, -0.15) is 10.1 Å². The van der Waals surface area contributed by atoms with Gasteiger partial charge in [0, 0.05) is 41.8 Å². The van der Waals surface area contributed by atoms with Crippen LogP contribution in [-0.4, -0.2) is 30.6 Å². The highest BCUT2D eigenvalue weighted by Gasteiger charge is 2.10. The molecule has 2 N–H and O–H groups in total. The standard InChI is InChI=1S/C17H18N6/c1-3-11(2)21-17-19-10-15-14(9-18-16(15)22-17)12-5-7-23-13(8-12)4-6-20-23/h4-11H,3H2,1-2H3,(H2,18,19,21,22)/t11-/m0/s1. The predicted octanol–water partition coefficient (Wildman–Crippen LogP) is 3.48. The summed E-state index contributed by atoms with van der Waals surface area (Å²) in [5.74, 6) is 0.659. The Balaban J connectivity index is 1.75. The maximum atomic E-state index is 4.57. The second-order valence-corrected chi connectivity index (χ2v) is 5.73. The minimum absolute atomic E-state index is 0.353. The maximum absolute atomic E-state index is 4.57. The van der Waals surface area contributed by atoms with E-state index in [0.717, 1.165) is 34.1 Å². The van der Waals surface area contributed by atoms with Crippen molar-refractivity contribution in [2.24, 2.45) is 0 Å². The molecule has 116 valence electrons. The molecule has 23 heavy (non-hydrogen) atoms. The molecule has 1 atom stereocenters. The van der Waals surface area contributed by atoms with Gasteiger partial charge in [0.25, 0.3) is 0 Å². The van der Waals surface area contributed by atoms with E-state index in [1.54, 1.807) is 6.20 Å². The third-order valence-corrected chi connectivity index (χ3v) is 4.13. The van der Waals surface area contributed by atoms with Crippen LogP contribution in [0.5, 0.6) is 0 Å². The van der Waals surface area contributed by atoms with Crippen molar-refractivity contribution in [2.75, 3.05) is 5.32 Å². The van der Waals surface area contributed by atoms with Crippen LogP contribution < -0.4 is 5.32 Å². The Hall–Kier alpha value is -2.89. The lowest BCUT2D eigenvalue weighted by atomic mass is 10.1. The quantitative estimate of drug-likeness (QED) is 0.605. The van der Waals surface area contributed by atoms with E-state index in [9.17, 15) is 0 Å². The highest BCUT2D eigenvalue weighted by molar-refractivity contribution is 5.94. The Kier molecular flexibility index (Phi) is 3.22. The highest BCUT2D eigenvalue weighted by Crippen LogP contribution is 2.28. The zero-order valence-electron chi connectivity index (χ0n) is 13.1. The molecule has 4 aromatic heterocycles. The number of fused-ring (bicyclic) bond motifs is 2. The van der Waals surface area contributed by atoms with E-state index in [4.69, 9.17) is 0 Å². The van der Waals surface area contributed by atoms with Crippen molar-refractivity contribution in [3.05, 3.63) is 43.0 Å². The number of anilines is 1. The van der Waals surface area contributed by atoms with Crippen LogP contribution in [0.1, 0.15) is 20.3 Å². The highest BCUT2D eigenvalue weighted by atomic mass is 15.2.